The molecule has 2 fully saturated rings. The van der Waals surface area contributed by atoms with Crippen molar-refractivity contribution in [2.75, 3.05) is 37.4 Å². The number of nitrogens with zero attached hydrogens (tertiary/aromatic N) is 2. The number of amides is 1. The average Bonchev–Trinajstić information content (AvgIpc) is 3.11. The first-order valence-corrected chi connectivity index (χ1v) is 11.2. The predicted octanol–water partition coefficient (Wildman–Crippen LogP) is 1.90. The standard InChI is InChI=1S/C19H26N2O4S/c1-26(23,24)20-10-8-19(9-11-20)13-18(22)21(14-15-5-4-12-25-15)17-7-3-2-6-16(17)19/h2-3,6-7,15H,4-5,8-14H2,1H3. The minimum absolute atomic E-state index is 0.119. The molecule has 1 amide bonds. The monoisotopic (exact) mass is 378 g/mol. The summed E-state index contributed by atoms with van der Waals surface area (Å²) in [6.45, 7) is 2.35. The van der Waals surface area contributed by atoms with Gasteiger partial charge in [0.25, 0.3) is 0 Å². The lowest BCUT2D eigenvalue weighted by Crippen LogP contribution is -2.52. The molecule has 1 spiro atoms. The number of anilines is 1. The van der Waals surface area contributed by atoms with Crippen molar-refractivity contribution in [1.82, 2.24) is 4.31 Å². The smallest absolute Gasteiger partial charge is 0.227 e. The molecule has 0 N–H and O–H groups in total. The van der Waals surface area contributed by atoms with Crippen LogP contribution in [-0.4, -0.2) is 57.2 Å². The van der Waals surface area contributed by atoms with Crippen molar-refractivity contribution in [3.05, 3.63) is 29.8 Å². The maximum Gasteiger partial charge on any atom is 0.227 e. The molecule has 0 aromatic heterocycles. The maximum absolute atomic E-state index is 13.0. The van der Waals surface area contributed by atoms with Crippen molar-refractivity contribution in [3.8, 4) is 0 Å². The zero-order valence-corrected chi connectivity index (χ0v) is 16.0. The first-order valence-electron chi connectivity index (χ1n) is 9.36. The Morgan fingerprint density at radius 3 is 2.62 bits per heavy atom. The number of carbonyl (C=O) groups excluding carboxylic acids is 1. The van der Waals surface area contributed by atoms with Gasteiger partial charge in [0.05, 0.1) is 18.9 Å². The molecule has 3 aliphatic rings. The highest BCUT2D eigenvalue weighted by Crippen LogP contribution is 2.47. The van der Waals surface area contributed by atoms with Gasteiger partial charge >= 0.3 is 0 Å². The SMILES string of the molecule is CS(=O)(=O)N1CCC2(CC1)CC(=O)N(CC1CCCO1)c1ccccc12. The zero-order chi connectivity index (χ0) is 18.4. The van der Waals surface area contributed by atoms with Crippen molar-refractivity contribution in [2.45, 2.75) is 43.6 Å². The van der Waals surface area contributed by atoms with E-state index in [0.29, 0.717) is 38.9 Å². The first kappa shape index (κ1) is 17.9. The molecule has 1 atom stereocenters. The average molecular weight is 378 g/mol. The third kappa shape index (κ3) is 3.17. The van der Waals surface area contributed by atoms with E-state index in [1.54, 1.807) is 0 Å². The number of piperidine rings is 1. The third-order valence-corrected chi connectivity index (χ3v) is 7.42. The Hall–Kier alpha value is -1.44. The van der Waals surface area contributed by atoms with Gasteiger partial charge in [-0.25, -0.2) is 12.7 Å². The van der Waals surface area contributed by atoms with Crippen LogP contribution in [0.3, 0.4) is 0 Å². The molecular weight excluding hydrogens is 352 g/mol. The van der Waals surface area contributed by atoms with Gasteiger partial charge in [-0.05, 0) is 37.3 Å². The summed E-state index contributed by atoms with van der Waals surface area (Å²) in [5.74, 6) is 0.131. The van der Waals surface area contributed by atoms with Crippen molar-refractivity contribution in [3.63, 3.8) is 0 Å². The quantitative estimate of drug-likeness (QED) is 0.806. The van der Waals surface area contributed by atoms with E-state index in [4.69, 9.17) is 4.74 Å². The number of benzene rings is 1. The number of ether oxygens (including phenoxy) is 1. The Bertz CT molecular complexity index is 794. The third-order valence-electron chi connectivity index (χ3n) is 6.12. The molecular formula is C19H26N2O4S. The van der Waals surface area contributed by atoms with Crippen LogP contribution in [0.2, 0.25) is 0 Å². The number of hydrogen-bond donors (Lipinski definition) is 0. The summed E-state index contributed by atoms with van der Waals surface area (Å²) in [4.78, 5) is 14.9. The van der Waals surface area contributed by atoms with Crippen LogP contribution in [0.15, 0.2) is 24.3 Å². The van der Waals surface area contributed by atoms with Gasteiger partial charge in [-0.1, -0.05) is 18.2 Å². The summed E-state index contributed by atoms with van der Waals surface area (Å²) in [7, 11) is -3.18. The fourth-order valence-electron chi connectivity index (χ4n) is 4.66. The van der Waals surface area contributed by atoms with Gasteiger partial charge in [-0.3, -0.25) is 4.79 Å². The van der Waals surface area contributed by atoms with Crippen molar-refractivity contribution in [2.24, 2.45) is 0 Å². The van der Waals surface area contributed by atoms with Crippen LogP contribution in [0.5, 0.6) is 0 Å². The molecule has 1 unspecified atom stereocenters. The number of carbonyl (C=O) groups is 1. The van der Waals surface area contributed by atoms with Gasteiger partial charge in [0, 0.05) is 37.2 Å². The number of para-hydroxylation sites is 1. The fraction of sp³-hybridized carbons (Fsp3) is 0.632. The summed E-state index contributed by atoms with van der Waals surface area (Å²) < 4.78 is 31.0. The van der Waals surface area contributed by atoms with Crippen molar-refractivity contribution < 1.29 is 17.9 Å². The second-order valence-electron chi connectivity index (χ2n) is 7.78. The van der Waals surface area contributed by atoms with Crippen molar-refractivity contribution >= 4 is 21.6 Å². The maximum atomic E-state index is 13.0. The highest BCUT2D eigenvalue weighted by Gasteiger charge is 2.46. The molecule has 0 saturated carbocycles. The molecule has 4 rings (SSSR count). The number of rotatable bonds is 3. The molecule has 2 saturated heterocycles. The Labute approximate surface area is 155 Å². The summed E-state index contributed by atoms with van der Waals surface area (Å²) in [5, 5.41) is 0. The molecule has 7 heteroatoms. The van der Waals surface area contributed by atoms with Crippen molar-refractivity contribution in [1.29, 1.82) is 0 Å². The lowest BCUT2D eigenvalue weighted by molar-refractivity contribution is -0.121. The topological polar surface area (TPSA) is 66.9 Å². The molecule has 0 radical (unpaired) electrons. The molecule has 1 aromatic rings. The molecule has 0 aliphatic carbocycles. The molecule has 6 nitrogen and oxygen atoms in total. The van der Waals surface area contributed by atoms with Crippen LogP contribution >= 0.6 is 0 Å². The van der Waals surface area contributed by atoms with E-state index in [9.17, 15) is 13.2 Å². The fourth-order valence-corrected chi connectivity index (χ4v) is 5.50. The largest absolute Gasteiger partial charge is 0.376 e. The lowest BCUT2D eigenvalue weighted by Gasteiger charge is -2.47. The predicted molar refractivity (Wildman–Crippen MR) is 99.7 cm³/mol. The second kappa shape index (κ2) is 6.62. The Morgan fingerprint density at radius 1 is 1.23 bits per heavy atom. The number of sulfonamides is 1. The highest BCUT2D eigenvalue weighted by atomic mass is 32.2. The minimum atomic E-state index is -3.18. The number of fused-ring (bicyclic) bond motifs is 2. The second-order valence-corrected chi connectivity index (χ2v) is 9.76. The molecule has 26 heavy (non-hydrogen) atoms. The van der Waals surface area contributed by atoms with Gasteiger partial charge in [0.15, 0.2) is 0 Å². The molecule has 3 heterocycles. The Kier molecular flexibility index (Phi) is 4.57. The first-order chi connectivity index (χ1) is 12.4. The van der Waals surface area contributed by atoms with E-state index in [-0.39, 0.29) is 17.4 Å². The van der Waals surface area contributed by atoms with E-state index < -0.39 is 10.0 Å². The van der Waals surface area contributed by atoms with Gasteiger partial charge in [0.1, 0.15) is 0 Å². The molecule has 3 aliphatic heterocycles. The zero-order valence-electron chi connectivity index (χ0n) is 15.2. The van der Waals surface area contributed by atoms with Crippen LogP contribution in [0.25, 0.3) is 0 Å². The normalized spacial score (nSPS) is 26.3. The van der Waals surface area contributed by atoms with Crippen LogP contribution in [0.1, 0.15) is 37.7 Å². The van der Waals surface area contributed by atoms with Crippen LogP contribution < -0.4 is 4.90 Å². The van der Waals surface area contributed by atoms with Crippen LogP contribution in [-0.2, 0) is 25.0 Å². The molecule has 1 aromatic carbocycles. The van der Waals surface area contributed by atoms with E-state index in [0.717, 1.165) is 25.1 Å². The lowest BCUT2D eigenvalue weighted by atomic mass is 9.68. The summed E-state index contributed by atoms with van der Waals surface area (Å²) in [6.07, 6.45) is 5.27. The van der Waals surface area contributed by atoms with Gasteiger partial charge < -0.3 is 9.64 Å². The summed E-state index contributed by atoms with van der Waals surface area (Å²) >= 11 is 0. The van der Waals surface area contributed by atoms with E-state index in [1.807, 2.05) is 23.1 Å². The Morgan fingerprint density at radius 2 is 1.96 bits per heavy atom. The summed E-state index contributed by atoms with van der Waals surface area (Å²) in [5.41, 5.74) is 1.92. The van der Waals surface area contributed by atoms with E-state index in [2.05, 4.69) is 6.07 Å². The van der Waals surface area contributed by atoms with E-state index >= 15 is 0 Å². The van der Waals surface area contributed by atoms with Crippen LogP contribution in [0.4, 0.5) is 5.69 Å². The van der Waals surface area contributed by atoms with E-state index in [1.165, 1.54) is 16.1 Å². The van der Waals surface area contributed by atoms with Gasteiger partial charge in [0.2, 0.25) is 15.9 Å². The van der Waals surface area contributed by atoms with Gasteiger partial charge in [-0.2, -0.15) is 0 Å². The summed E-state index contributed by atoms with van der Waals surface area (Å²) in [6, 6.07) is 8.12. The Balaban J connectivity index is 1.63. The molecule has 0 bridgehead atoms. The van der Waals surface area contributed by atoms with Crippen LogP contribution in [0, 0.1) is 0 Å². The molecule has 142 valence electrons. The highest BCUT2D eigenvalue weighted by molar-refractivity contribution is 7.88. The number of hydrogen-bond acceptors (Lipinski definition) is 4. The minimum Gasteiger partial charge on any atom is -0.376 e. The van der Waals surface area contributed by atoms with Gasteiger partial charge in [-0.15, -0.1) is 0 Å².